The highest BCUT2D eigenvalue weighted by Gasteiger charge is 2.21. The van der Waals surface area contributed by atoms with Gasteiger partial charge in [-0.15, -0.1) is 12.4 Å². The molecule has 0 aromatic heterocycles. The summed E-state index contributed by atoms with van der Waals surface area (Å²) in [5.74, 6) is -0.00847. The van der Waals surface area contributed by atoms with Gasteiger partial charge in [0.15, 0.2) is 0 Å². The Kier molecular flexibility index (Phi) is 5.72. The lowest BCUT2D eigenvalue weighted by Crippen LogP contribution is -2.39. The number of benzene rings is 1. The van der Waals surface area contributed by atoms with Crippen LogP contribution in [-0.4, -0.2) is 23.4 Å². The van der Waals surface area contributed by atoms with Crippen molar-refractivity contribution in [2.75, 3.05) is 6.54 Å². The van der Waals surface area contributed by atoms with Crippen molar-refractivity contribution in [2.24, 2.45) is 0 Å². The molecule has 0 saturated carbocycles. The molecule has 19 heavy (non-hydrogen) atoms. The lowest BCUT2D eigenvalue weighted by Gasteiger charge is -2.10. The van der Waals surface area contributed by atoms with Crippen molar-refractivity contribution in [3.63, 3.8) is 0 Å². The Bertz CT molecular complexity index is 444. The van der Waals surface area contributed by atoms with Crippen LogP contribution < -0.4 is 10.6 Å². The number of hydrogen-bond acceptors (Lipinski definition) is 4. The number of non-ortho nitro benzene ring substituents is 1. The quantitative estimate of drug-likeness (QED) is 0.647. The standard InChI is InChI=1S/C12H15N3O3.ClH/c16-12(11-2-1-7-13-11)14-8-9-3-5-10(6-4-9)15(17)18;/h3-6,11,13H,1-2,7-8H2,(H,14,16);1H. The number of nitro benzene ring substituents is 1. The van der Waals surface area contributed by atoms with E-state index in [9.17, 15) is 14.9 Å². The van der Waals surface area contributed by atoms with Crippen LogP contribution in [0, 0.1) is 10.1 Å². The molecule has 1 aromatic rings. The van der Waals surface area contributed by atoms with E-state index in [4.69, 9.17) is 0 Å². The average Bonchev–Trinajstić information content (AvgIpc) is 2.90. The number of halogens is 1. The number of amides is 1. The molecule has 0 radical (unpaired) electrons. The van der Waals surface area contributed by atoms with Gasteiger partial charge in [-0.2, -0.15) is 0 Å². The topological polar surface area (TPSA) is 84.3 Å². The molecule has 2 rings (SSSR count). The summed E-state index contributed by atoms with van der Waals surface area (Å²) in [5.41, 5.74) is 0.912. The Labute approximate surface area is 117 Å². The minimum Gasteiger partial charge on any atom is -0.351 e. The van der Waals surface area contributed by atoms with Crippen LogP contribution in [0.4, 0.5) is 5.69 Å². The summed E-state index contributed by atoms with van der Waals surface area (Å²) in [6.07, 6.45) is 1.89. The Hall–Kier alpha value is -1.66. The van der Waals surface area contributed by atoms with Gasteiger partial charge in [0.2, 0.25) is 5.91 Å². The van der Waals surface area contributed by atoms with Gasteiger partial charge in [0.1, 0.15) is 0 Å². The number of nitro groups is 1. The Morgan fingerprint density at radius 3 is 2.63 bits per heavy atom. The zero-order chi connectivity index (χ0) is 13.0. The van der Waals surface area contributed by atoms with Crippen LogP contribution in [-0.2, 0) is 11.3 Å². The van der Waals surface area contributed by atoms with Crippen molar-refractivity contribution in [1.82, 2.24) is 10.6 Å². The number of hydrogen-bond donors (Lipinski definition) is 2. The minimum atomic E-state index is -0.440. The van der Waals surface area contributed by atoms with E-state index in [1.165, 1.54) is 12.1 Å². The molecule has 1 saturated heterocycles. The summed E-state index contributed by atoms with van der Waals surface area (Å²) in [5, 5.41) is 16.4. The van der Waals surface area contributed by atoms with Crippen molar-refractivity contribution in [3.8, 4) is 0 Å². The normalized spacial score (nSPS) is 17.6. The first-order valence-corrected chi connectivity index (χ1v) is 5.91. The van der Waals surface area contributed by atoms with Crippen molar-refractivity contribution in [1.29, 1.82) is 0 Å². The fourth-order valence-corrected chi connectivity index (χ4v) is 1.96. The van der Waals surface area contributed by atoms with E-state index in [0.717, 1.165) is 24.9 Å². The molecule has 2 N–H and O–H groups in total. The second-order valence-electron chi connectivity index (χ2n) is 4.29. The maximum Gasteiger partial charge on any atom is 0.269 e. The number of carbonyl (C=O) groups is 1. The Morgan fingerprint density at radius 1 is 1.42 bits per heavy atom. The van der Waals surface area contributed by atoms with Crippen molar-refractivity contribution < 1.29 is 9.72 Å². The van der Waals surface area contributed by atoms with Crippen LogP contribution >= 0.6 is 12.4 Å². The van der Waals surface area contributed by atoms with E-state index < -0.39 is 4.92 Å². The third-order valence-electron chi connectivity index (χ3n) is 2.99. The van der Waals surface area contributed by atoms with Gasteiger partial charge in [-0.1, -0.05) is 12.1 Å². The predicted octanol–water partition coefficient (Wildman–Crippen LogP) is 1.38. The molecule has 0 aliphatic carbocycles. The smallest absolute Gasteiger partial charge is 0.269 e. The third kappa shape index (κ3) is 4.18. The zero-order valence-corrected chi connectivity index (χ0v) is 11.1. The second kappa shape index (κ2) is 7.06. The van der Waals surface area contributed by atoms with Crippen molar-refractivity contribution >= 4 is 24.0 Å². The summed E-state index contributed by atoms with van der Waals surface area (Å²) in [7, 11) is 0. The van der Waals surface area contributed by atoms with Gasteiger partial charge in [0.05, 0.1) is 11.0 Å². The van der Waals surface area contributed by atoms with Crippen LogP contribution in [0.15, 0.2) is 24.3 Å². The van der Waals surface area contributed by atoms with Gasteiger partial charge in [0.25, 0.3) is 5.69 Å². The maximum absolute atomic E-state index is 11.7. The van der Waals surface area contributed by atoms with Crippen LogP contribution in [0.2, 0.25) is 0 Å². The molecule has 1 heterocycles. The molecule has 7 heteroatoms. The van der Waals surface area contributed by atoms with E-state index in [2.05, 4.69) is 10.6 Å². The zero-order valence-electron chi connectivity index (χ0n) is 10.3. The summed E-state index contributed by atoms with van der Waals surface area (Å²) in [4.78, 5) is 21.8. The molecule has 1 aromatic carbocycles. The van der Waals surface area contributed by atoms with Crippen LogP contribution in [0.1, 0.15) is 18.4 Å². The van der Waals surface area contributed by atoms with Gasteiger partial charge in [-0.25, -0.2) is 0 Å². The Morgan fingerprint density at radius 2 is 2.11 bits per heavy atom. The first-order chi connectivity index (χ1) is 8.66. The monoisotopic (exact) mass is 285 g/mol. The van der Waals surface area contributed by atoms with E-state index in [1.807, 2.05) is 0 Å². The van der Waals surface area contributed by atoms with Crippen molar-refractivity contribution in [2.45, 2.75) is 25.4 Å². The summed E-state index contributed by atoms with van der Waals surface area (Å²) < 4.78 is 0. The second-order valence-corrected chi connectivity index (χ2v) is 4.29. The number of rotatable bonds is 4. The molecule has 1 aliphatic rings. The van der Waals surface area contributed by atoms with Crippen LogP contribution in [0.25, 0.3) is 0 Å². The lowest BCUT2D eigenvalue weighted by molar-refractivity contribution is -0.384. The van der Waals surface area contributed by atoms with Gasteiger partial charge in [-0.3, -0.25) is 14.9 Å². The minimum absolute atomic E-state index is 0. The van der Waals surface area contributed by atoms with Crippen molar-refractivity contribution in [3.05, 3.63) is 39.9 Å². The number of nitrogens with one attached hydrogen (secondary N) is 2. The fourth-order valence-electron chi connectivity index (χ4n) is 1.96. The largest absolute Gasteiger partial charge is 0.351 e. The SMILES string of the molecule is Cl.O=C(NCc1ccc([N+](=O)[O-])cc1)C1CCCN1. The molecule has 6 nitrogen and oxygen atoms in total. The molecule has 0 spiro atoms. The molecule has 0 bridgehead atoms. The third-order valence-corrected chi connectivity index (χ3v) is 2.99. The molecule has 104 valence electrons. The van der Waals surface area contributed by atoms with Crippen LogP contribution in [0.3, 0.4) is 0 Å². The summed E-state index contributed by atoms with van der Waals surface area (Å²) in [6, 6.07) is 6.09. The predicted molar refractivity (Wildman–Crippen MR) is 73.2 cm³/mol. The number of nitrogens with zero attached hydrogens (tertiary/aromatic N) is 1. The molecule has 1 unspecified atom stereocenters. The highest BCUT2D eigenvalue weighted by atomic mass is 35.5. The molecular weight excluding hydrogens is 270 g/mol. The highest BCUT2D eigenvalue weighted by Crippen LogP contribution is 2.12. The highest BCUT2D eigenvalue weighted by molar-refractivity contribution is 5.85. The van der Waals surface area contributed by atoms with E-state index in [0.29, 0.717) is 6.54 Å². The van der Waals surface area contributed by atoms with E-state index >= 15 is 0 Å². The Balaban J connectivity index is 0.00000180. The molecule has 1 amide bonds. The van der Waals surface area contributed by atoms with Gasteiger partial charge >= 0.3 is 0 Å². The molecular formula is C12H16ClN3O3. The molecule has 1 fully saturated rings. The number of carbonyl (C=O) groups excluding carboxylic acids is 1. The first kappa shape index (κ1) is 15.4. The van der Waals surface area contributed by atoms with Gasteiger partial charge < -0.3 is 10.6 Å². The average molecular weight is 286 g/mol. The van der Waals surface area contributed by atoms with Gasteiger partial charge in [0, 0.05) is 18.7 Å². The van der Waals surface area contributed by atoms with Crippen LogP contribution in [0.5, 0.6) is 0 Å². The summed E-state index contributed by atoms with van der Waals surface area (Å²) >= 11 is 0. The van der Waals surface area contributed by atoms with Gasteiger partial charge in [-0.05, 0) is 24.9 Å². The molecule has 1 atom stereocenters. The maximum atomic E-state index is 11.7. The fraction of sp³-hybridized carbons (Fsp3) is 0.417. The first-order valence-electron chi connectivity index (χ1n) is 5.91. The lowest BCUT2D eigenvalue weighted by atomic mass is 10.2. The van der Waals surface area contributed by atoms with E-state index in [-0.39, 0.29) is 30.0 Å². The van der Waals surface area contributed by atoms with E-state index in [1.54, 1.807) is 12.1 Å². The summed E-state index contributed by atoms with van der Waals surface area (Å²) in [6.45, 7) is 1.28. The molecule has 1 aliphatic heterocycles.